The van der Waals surface area contributed by atoms with Crippen LogP contribution in [0.15, 0.2) is 35.4 Å². The lowest BCUT2D eigenvalue weighted by Gasteiger charge is -2.29. The Morgan fingerprint density at radius 3 is 2.84 bits per heavy atom. The summed E-state index contributed by atoms with van der Waals surface area (Å²) in [6.07, 6.45) is 4.06. The lowest BCUT2D eigenvalue weighted by molar-refractivity contribution is 0.0736. The van der Waals surface area contributed by atoms with Crippen LogP contribution in [0.3, 0.4) is 0 Å². The molecule has 2 aromatic heterocycles. The van der Waals surface area contributed by atoms with Gasteiger partial charge < -0.3 is 19.6 Å². The van der Waals surface area contributed by atoms with E-state index in [1.165, 1.54) is 5.56 Å². The number of carbonyl (C=O) groups excluding carboxylic acids is 1. The van der Waals surface area contributed by atoms with Gasteiger partial charge in [0, 0.05) is 25.5 Å². The maximum Gasteiger partial charge on any atom is 0.258 e. The molecule has 1 aromatic carbocycles. The van der Waals surface area contributed by atoms with Gasteiger partial charge in [-0.1, -0.05) is 6.07 Å². The van der Waals surface area contributed by atoms with Crippen molar-refractivity contribution in [2.45, 2.75) is 19.9 Å². The fraction of sp³-hybridized carbons (Fsp3) is 0.263. The number of aromatic nitrogens is 2. The van der Waals surface area contributed by atoms with Gasteiger partial charge in [0.05, 0.1) is 23.6 Å². The first-order chi connectivity index (χ1) is 12.1. The van der Waals surface area contributed by atoms with E-state index in [9.17, 15) is 9.59 Å². The Bertz CT molecular complexity index is 1030. The van der Waals surface area contributed by atoms with Crippen LogP contribution in [0.1, 0.15) is 27.0 Å². The highest BCUT2D eigenvalue weighted by molar-refractivity contribution is 6.07. The maximum absolute atomic E-state index is 13.0. The number of hydrogen-bond acceptors (Lipinski definition) is 3. The summed E-state index contributed by atoms with van der Waals surface area (Å²) in [5.41, 5.74) is 4.13. The largest absolute Gasteiger partial charge is 0.497 e. The molecule has 0 unspecified atom stereocenters. The fourth-order valence-corrected chi connectivity index (χ4v) is 3.46. The Balaban J connectivity index is 1.68. The van der Waals surface area contributed by atoms with E-state index in [1.807, 2.05) is 25.1 Å². The Labute approximate surface area is 144 Å². The number of nitrogens with zero attached hydrogens (tertiary/aromatic N) is 1. The highest BCUT2D eigenvalue weighted by Crippen LogP contribution is 2.26. The Morgan fingerprint density at radius 2 is 2.04 bits per heavy atom. The predicted octanol–water partition coefficient (Wildman–Crippen LogP) is 2.37. The number of aromatic amines is 2. The van der Waals surface area contributed by atoms with Crippen LogP contribution in [0.25, 0.3) is 10.9 Å². The third-order valence-corrected chi connectivity index (χ3v) is 4.86. The van der Waals surface area contributed by atoms with E-state index in [1.54, 1.807) is 24.4 Å². The van der Waals surface area contributed by atoms with E-state index in [4.69, 9.17) is 4.74 Å². The van der Waals surface area contributed by atoms with E-state index in [0.717, 1.165) is 23.3 Å². The first kappa shape index (κ1) is 15.5. The smallest absolute Gasteiger partial charge is 0.258 e. The second-order valence-electron chi connectivity index (χ2n) is 6.36. The number of hydrogen-bond donors (Lipinski definition) is 2. The normalized spacial score (nSPS) is 13.8. The summed E-state index contributed by atoms with van der Waals surface area (Å²) in [7, 11) is 1.65. The number of H-pyrrole nitrogens is 2. The van der Waals surface area contributed by atoms with Crippen LogP contribution >= 0.6 is 0 Å². The summed E-state index contributed by atoms with van der Waals surface area (Å²) < 4.78 is 5.26. The first-order valence-electron chi connectivity index (χ1n) is 8.23. The van der Waals surface area contributed by atoms with Crippen molar-refractivity contribution in [1.82, 2.24) is 14.9 Å². The first-order valence-corrected chi connectivity index (χ1v) is 8.23. The molecule has 4 rings (SSSR count). The van der Waals surface area contributed by atoms with Crippen molar-refractivity contribution in [2.24, 2.45) is 0 Å². The molecule has 0 saturated heterocycles. The molecule has 25 heavy (non-hydrogen) atoms. The molecule has 1 aliphatic heterocycles. The van der Waals surface area contributed by atoms with Gasteiger partial charge in [0.15, 0.2) is 0 Å². The number of benzene rings is 1. The summed E-state index contributed by atoms with van der Waals surface area (Å²) in [5.74, 6) is 0.709. The van der Waals surface area contributed by atoms with E-state index < -0.39 is 0 Å². The van der Waals surface area contributed by atoms with Gasteiger partial charge in [-0.15, -0.1) is 0 Å². The van der Waals surface area contributed by atoms with Crippen molar-refractivity contribution >= 4 is 16.8 Å². The maximum atomic E-state index is 13.0. The molecule has 6 heteroatoms. The summed E-state index contributed by atoms with van der Waals surface area (Å²) >= 11 is 0. The van der Waals surface area contributed by atoms with Crippen LogP contribution in [-0.4, -0.2) is 34.4 Å². The van der Waals surface area contributed by atoms with E-state index in [-0.39, 0.29) is 11.5 Å². The lowest BCUT2D eigenvalue weighted by atomic mass is 9.98. The van der Waals surface area contributed by atoms with Gasteiger partial charge in [0.25, 0.3) is 11.5 Å². The second kappa shape index (κ2) is 5.81. The molecule has 1 amide bonds. The number of rotatable bonds is 2. The molecule has 0 aliphatic carbocycles. The quantitative estimate of drug-likeness (QED) is 0.753. The average Bonchev–Trinajstić information content (AvgIpc) is 3.09. The number of nitrogens with one attached hydrogen (secondary N) is 2. The van der Waals surface area contributed by atoms with Crippen LogP contribution < -0.4 is 10.3 Å². The fourth-order valence-electron chi connectivity index (χ4n) is 3.46. The summed E-state index contributed by atoms with van der Waals surface area (Å²) in [6, 6.07) is 5.93. The zero-order chi connectivity index (χ0) is 17.6. The number of methoxy groups -OCH3 is 1. The summed E-state index contributed by atoms with van der Waals surface area (Å²) in [5, 5.41) is 0.436. The van der Waals surface area contributed by atoms with Crippen molar-refractivity contribution in [3.05, 3.63) is 63.2 Å². The summed E-state index contributed by atoms with van der Waals surface area (Å²) in [4.78, 5) is 32.8. The molecule has 0 atom stereocenters. The Morgan fingerprint density at radius 1 is 1.20 bits per heavy atom. The van der Waals surface area contributed by atoms with Crippen molar-refractivity contribution in [3.63, 3.8) is 0 Å². The van der Waals surface area contributed by atoms with Crippen LogP contribution in [-0.2, 0) is 13.0 Å². The molecular weight excluding hydrogens is 318 g/mol. The number of pyridine rings is 1. The third kappa shape index (κ3) is 2.50. The van der Waals surface area contributed by atoms with Crippen molar-refractivity contribution in [1.29, 1.82) is 0 Å². The molecule has 0 spiro atoms. The minimum Gasteiger partial charge on any atom is -0.497 e. The second-order valence-corrected chi connectivity index (χ2v) is 6.36. The van der Waals surface area contributed by atoms with Gasteiger partial charge in [-0.2, -0.15) is 0 Å². The molecular formula is C19H19N3O3. The highest BCUT2D eigenvalue weighted by atomic mass is 16.5. The van der Waals surface area contributed by atoms with Crippen molar-refractivity contribution in [3.8, 4) is 5.75 Å². The standard InChI is InChI=1S/C19H19N3O3/c1-11-8-21-18(23)16-15(9-20-17(11)16)19(24)22-6-5-12-7-14(25-2)4-3-13(12)10-22/h3-4,7-9,20H,5-6,10H2,1-2H3,(H,21,23). The van der Waals surface area contributed by atoms with Crippen LogP contribution in [0.2, 0.25) is 0 Å². The monoisotopic (exact) mass is 337 g/mol. The average molecular weight is 337 g/mol. The number of amides is 1. The van der Waals surface area contributed by atoms with E-state index >= 15 is 0 Å². The molecule has 2 N–H and O–H groups in total. The molecule has 3 heterocycles. The third-order valence-electron chi connectivity index (χ3n) is 4.86. The predicted molar refractivity (Wildman–Crippen MR) is 95.1 cm³/mol. The molecule has 0 radical (unpaired) electrons. The van der Waals surface area contributed by atoms with Gasteiger partial charge in [0.2, 0.25) is 0 Å². The molecule has 1 aliphatic rings. The molecule has 6 nitrogen and oxygen atoms in total. The van der Waals surface area contributed by atoms with Gasteiger partial charge >= 0.3 is 0 Å². The van der Waals surface area contributed by atoms with Crippen LogP contribution in [0.5, 0.6) is 5.75 Å². The zero-order valence-electron chi connectivity index (χ0n) is 14.2. The van der Waals surface area contributed by atoms with Crippen molar-refractivity contribution in [2.75, 3.05) is 13.7 Å². The number of aryl methyl sites for hydroxylation is 1. The highest BCUT2D eigenvalue weighted by Gasteiger charge is 2.25. The Hall–Kier alpha value is -3.02. The SMILES string of the molecule is COc1ccc2c(c1)CCN(C(=O)c1c[nH]c3c(C)c[nH]c(=O)c13)C2. The molecule has 3 aromatic rings. The van der Waals surface area contributed by atoms with Gasteiger partial charge in [0.1, 0.15) is 5.75 Å². The number of carbonyl (C=O) groups is 1. The van der Waals surface area contributed by atoms with Gasteiger partial charge in [-0.3, -0.25) is 9.59 Å². The minimum atomic E-state index is -0.243. The van der Waals surface area contributed by atoms with E-state index in [0.29, 0.717) is 29.6 Å². The zero-order valence-corrected chi connectivity index (χ0v) is 14.2. The molecule has 128 valence electrons. The van der Waals surface area contributed by atoms with Crippen LogP contribution in [0, 0.1) is 6.92 Å². The van der Waals surface area contributed by atoms with Gasteiger partial charge in [-0.25, -0.2) is 0 Å². The summed E-state index contributed by atoms with van der Waals surface area (Å²) in [6.45, 7) is 3.05. The van der Waals surface area contributed by atoms with Crippen LogP contribution in [0.4, 0.5) is 0 Å². The van der Waals surface area contributed by atoms with Gasteiger partial charge in [-0.05, 0) is 42.2 Å². The molecule has 0 bridgehead atoms. The number of ether oxygens (including phenoxy) is 1. The topological polar surface area (TPSA) is 78.2 Å². The van der Waals surface area contributed by atoms with E-state index in [2.05, 4.69) is 9.97 Å². The van der Waals surface area contributed by atoms with Crippen molar-refractivity contribution < 1.29 is 9.53 Å². The molecule has 0 saturated carbocycles. The Kier molecular flexibility index (Phi) is 3.60. The molecule has 0 fully saturated rings. The lowest BCUT2D eigenvalue weighted by Crippen LogP contribution is -2.36. The number of fused-ring (bicyclic) bond motifs is 2. The minimum absolute atomic E-state index is 0.121.